The highest BCUT2D eigenvalue weighted by molar-refractivity contribution is 5.99. The number of carbonyl (C=O) groups excluding carboxylic acids is 1. The molecule has 1 aliphatic carbocycles. The van der Waals surface area contributed by atoms with E-state index < -0.39 is 0 Å². The second kappa shape index (κ2) is 11.9. The smallest absolute Gasteiger partial charge is 0.323 e. The number of anilines is 3. The molecule has 0 bridgehead atoms. The van der Waals surface area contributed by atoms with E-state index >= 15 is 0 Å². The first kappa shape index (κ1) is 26.0. The maximum absolute atomic E-state index is 12.5. The Bertz CT molecular complexity index is 1460. The summed E-state index contributed by atoms with van der Waals surface area (Å²) >= 11 is 0. The topological polar surface area (TPSA) is 82.2 Å². The minimum Gasteiger partial charge on any atom is -0.354 e. The van der Waals surface area contributed by atoms with E-state index in [1.807, 2.05) is 49.5 Å². The number of nitrogens with one attached hydrogen (secondary N) is 3. The molecule has 1 unspecified atom stereocenters. The average molecular weight is 533 g/mol. The number of hydrogen-bond acceptors (Lipinski definition) is 5. The van der Waals surface area contributed by atoms with E-state index in [1.54, 1.807) is 0 Å². The summed E-state index contributed by atoms with van der Waals surface area (Å²) in [7, 11) is 0. The van der Waals surface area contributed by atoms with Crippen LogP contribution in [0.1, 0.15) is 47.4 Å². The van der Waals surface area contributed by atoms with Crippen molar-refractivity contribution < 1.29 is 4.79 Å². The second-order valence-electron chi connectivity index (χ2n) is 10.8. The molecule has 0 saturated carbocycles. The van der Waals surface area contributed by atoms with E-state index in [4.69, 9.17) is 4.98 Å². The molecule has 7 heteroatoms. The Hall–Kier alpha value is -4.23. The van der Waals surface area contributed by atoms with Gasteiger partial charge in [-0.1, -0.05) is 54.1 Å². The number of aryl methyl sites for hydroxylation is 1. The number of hydrogen-bond donors (Lipinski definition) is 3. The summed E-state index contributed by atoms with van der Waals surface area (Å²) in [5.41, 5.74) is 8.48. The van der Waals surface area contributed by atoms with Crippen LogP contribution in [0.3, 0.4) is 0 Å². The third-order valence-corrected chi connectivity index (χ3v) is 7.89. The van der Waals surface area contributed by atoms with Gasteiger partial charge >= 0.3 is 6.03 Å². The van der Waals surface area contributed by atoms with Crippen LogP contribution in [0.15, 0.2) is 79.0 Å². The van der Waals surface area contributed by atoms with Crippen molar-refractivity contribution in [3.05, 3.63) is 101 Å². The van der Waals surface area contributed by atoms with Gasteiger partial charge in [-0.3, -0.25) is 0 Å². The van der Waals surface area contributed by atoms with Crippen molar-refractivity contribution in [2.45, 2.75) is 38.5 Å². The summed E-state index contributed by atoms with van der Waals surface area (Å²) in [5.74, 6) is 0.898. The number of amides is 2. The SMILES string of the molecule is Cc1ccc(NC(=O)Nc2ccc(C3Cc4cnc(NCCCN5CCCC5)nc4-c4ccccc43)cc2)cc1. The van der Waals surface area contributed by atoms with Crippen molar-refractivity contribution in [2.75, 3.05) is 42.1 Å². The number of aromatic nitrogens is 2. The molecular weight excluding hydrogens is 496 g/mol. The number of likely N-dealkylation sites (tertiary alicyclic amines) is 1. The lowest BCUT2D eigenvalue weighted by molar-refractivity contribution is 0.262. The van der Waals surface area contributed by atoms with Gasteiger partial charge in [0.1, 0.15) is 0 Å². The van der Waals surface area contributed by atoms with E-state index in [1.165, 1.54) is 37.1 Å². The zero-order chi connectivity index (χ0) is 27.3. The van der Waals surface area contributed by atoms with Crippen molar-refractivity contribution >= 4 is 23.4 Å². The lowest BCUT2D eigenvalue weighted by atomic mass is 9.78. The number of benzene rings is 3. The zero-order valence-corrected chi connectivity index (χ0v) is 23.0. The molecule has 0 spiro atoms. The molecule has 2 amide bonds. The fourth-order valence-electron chi connectivity index (χ4n) is 5.76. The summed E-state index contributed by atoms with van der Waals surface area (Å²) in [5, 5.41) is 9.26. The van der Waals surface area contributed by atoms with Gasteiger partial charge in [0, 0.05) is 35.6 Å². The van der Waals surface area contributed by atoms with Crippen LogP contribution >= 0.6 is 0 Å². The predicted molar refractivity (Wildman–Crippen MR) is 162 cm³/mol. The molecule has 2 aliphatic rings. The average Bonchev–Trinajstić information content (AvgIpc) is 3.50. The molecule has 40 heavy (non-hydrogen) atoms. The highest BCUT2D eigenvalue weighted by atomic mass is 16.2. The molecule has 1 atom stereocenters. The molecule has 1 fully saturated rings. The molecule has 4 aromatic rings. The molecule has 3 aromatic carbocycles. The summed E-state index contributed by atoms with van der Waals surface area (Å²) < 4.78 is 0. The van der Waals surface area contributed by atoms with Crippen LogP contribution in [0.25, 0.3) is 11.3 Å². The van der Waals surface area contributed by atoms with Gasteiger partial charge in [0.15, 0.2) is 0 Å². The second-order valence-corrected chi connectivity index (χ2v) is 10.8. The highest BCUT2D eigenvalue weighted by Gasteiger charge is 2.27. The van der Waals surface area contributed by atoms with Crippen LogP contribution in [-0.2, 0) is 6.42 Å². The van der Waals surface area contributed by atoms with Crippen molar-refractivity contribution in [3.8, 4) is 11.3 Å². The van der Waals surface area contributed by atoms with Crippen LogP contribution < -0.4 is 16.0 Å². The van der Waals surface area contributed by atoms with E-state index in [9.17, 15) is 4.79 Å². The van der Waals surface area contributed by atoms with Gasteiger partial charge in [-0.2, -0.15) is 0 Å². The van der Waals surface area contributed by atoms with Crippen LogP contribution in [-0.4, -0.2) is 47.1 Å². The molecule has 204 valence electrons. The molecule has 1 aromatic heterocycles. The third-order valence-electron chi connectivity index (χ3n) is 7.89. The summed E-state index contributed by atoms with van der Waals surface area (Å²) in [6, 6.07) is 24.2. The summed E-state index contributed by atoms with van der Waals surface area (Å²) in [6.07, 6.45) is 6.57. The Morgan fingerprint density at radius 2 is 1.62 bits per heavy atom. The number of carbonyl (C=O) groups is 1. The predicted octanol–water partition coefficient (Wildman–Crippen LogP) is 6.68. The lowest BCUT2D eigenvalue weighted by Gasteiger charge is -2.27. The first-order valence-corrected chi connectivity index (χ1v) is 14.3. The van der Waals surface area contributed by atoms with Crippen LogP contribution in [0, 0.1) is 6.92 Å². The van der Waals surface area contributed by atoms with Crippen molar-refractivity contribution in [3.63, 3.8) is 0 Å². The Balaban J connectivity index is 1.12. The van der Waals surface area contributed by atoms with E-state index in [-0.39, 0.29) is 11.9 Å². The maximum Gasteiger partial charge on any atom is 0.323 e. The molecule has 0 radical (unpaired) electrons. The van der Waals surface area contributed by atoms with Crippen LogP contribution in [0.4, 0.5) is 22.1 Å². The molecule has 1 aliphatic heterocycles. The summed E-state index contributed by atoms with van der Waals surface area (Å²) in [6.45, 7) is 6.50. The van der Waals surface area contributed by atoms with Crippen molar-refractivity contribution in [1.82, 2.24) is 14.9 Å². The maximum atomic E-state index is 12.5. The first-order chi connectivity index (χ1) is 19.6. The Morgan fingerprint density at radius 1 is 0.925 bits per heavy atom. The van der Waals surface area contributed by atoms with Gasteiger partial charge in [0.05, 0.1) is 5.69 Å². The van der Waals surface area contributed by atoms with Crippen LogP contribution in [0.5, 0.6) is 0 Å². The standard InChI is InChI=1S/C33H36N6O/c1-23-9-13-26(14-10-23)36-33(40)37-27-15-11-24(12-16-27)30-21-25-22-35-32(34-17-6-20-39-18-4-5-19-39)38-31(25)29-8-3-2-7-28(29)30/h2-3,7-16,22,30H,4-6,17-21H2,1H3,(H,34,35,38)(H2,36,37,40). The Labute approximate surface area is 236 Å². The van der Waals surface area contributed by atoms with Crippen molar-refractivity contribution in [1.29, 1.82) is 0 Å². The van der Waals surface area contributed by atoms with E-state index in [2.05, 4.69) is 62.2 Å². The summed E-state index contributed by atoms with van der Waals surface area (Å²) in [4.78, 5) is 24.6. The lowest BCUT2D eigenvalue weighted by Crippen LogP contribution is -2.22. The fourth-order valence-corrected chi connectivity index (χ4v) is 5.76. The molecule has 1 saturated heterocycles. The molecule has 7 nitrogen and oxygen atoms in total. The van der Waals surface area contributed by atoms with Gasteiger partial charge in [0.2, 0.25) is 5.95 Å². The molecule has 6 rings (SSSR count). The highest BCUT2D eigenvalue weighted by Crippen LogP contribution is 2.42. The fraction of sp³-hybridized carbons (Fsp3) is 0.303. The normalized spacial score (nSPS) is 16.2. The van der Waals surface area contributed by atoms with Gasteiger partial charge < -0.3 is 20.9 Å². The molecule has 3 N–H and O–H groups in total. The van der Waals surface area contributed by atoms with Gasteiger partial charge in [-0.15, -0.1) is 0 Å². The van der Waals surface area contributed by atoms with E-state index in [0.717, 1.165) is 59.7 Å². The number of rotatable bonds is 8. The molecule has 2 heterocycles. The number of urea groups is 1. The number of fused-ring (bicyclic) bond motifs is 3. The number of nitrogens with zero attached hydrogens (tertiary/aromatic N) is 3. The van der Waals surface area contributed by atoms with E-state index in [0.29, 0.717) is 5.95 Å². The Morgan fingerprint density at radius 3 is 2.38 bits per heavy atom. The monoisotopic (exact) mass is 532 g/mol. The van der Waals surface area contributed by atoms with Crippen molar-refractivity contribution in [2.24, 2.45) is 0 Å². The minimum atomic E-state index is -0.258. The first-order valence-electron chi connectivity index (χ1n) is 14.3. The largest absolute Gasteiger partial charge is 0.354 e. The van der Waals surface area contributed by atoms with Gasteiger partial charge in [-0.05, 0) is 93.2 Å². The van der Waals surface area contributed by atoms with Gasteiger partial charge in [0.25, 0.3) is 0 Å². The van der Waals surface area contributed by atoms with Crippen LogP contribution in [0.2, 0.25) is 0 Å². The van der Waals surface area contributed by atoms with Gasteiger partial charge in [-0.25, -0.2) is 14.8 Å². The Kier molecular flexibility index (Phi) is 7.73. The minimum absolute atomic E-state index is 0.196. The zero-order valence-electron chi connectivity index (χ0n) is 23.0. The third kappa shape index (κ3) is 6.00. The quantitative estimate of drug-likeness (QED) is 0.221. The molecular formula is C33H36N6O.